The summed E-state index contributed by atoms with van der Waals surface area (Å²) in [6.45, 7) is 6.43. The van der Waals surface area contributed by atoms with Crippen LogP contribution in [0.4, 0.5) is 17.5 Å². The van der Waals surface area contributed by atoms with Gasteiger partial charge in [0, 0.05) is 29.6 Å². The molecule has 0 saturated heterocycles. The lowest BCUT2D eigenvalue weighted by molar-refractivity contribution is 0.101. The average molecular weight is 284 g/mol. The highest BCUT2D eigenvalue weighted by Crippen LogP contribution is 2.17. The number of rotatable bonds is 6. The molecule has 0 radical (unpaired) electrons. The number of hydrogen-bond donors (Lipinski definition) is 2. The number of nitrogens with zero attached hydrogens (tertiary/aromatic N) is 2. The van der Waals surface area contributed by atoms with Crippen molar-refractivity contribution in [3.63, 3.8) is 0 Å². The number of ketones is 1. The Morgan fingerprint density at radius 3 is 2.52 bits per heavy atom. The number of carbonyl (C=O) groups excluding carboxylic acids is 1. The van der Waals surface area contributed by atoms with Crippen LogP contribution in [0.15, 0.2) is 30.3 Å². The van der Waals surface area contributed by atoms with Crippen molar-refractivity contribution in [3.05, 3.63) is 41.6 Å². The minimum absolute atomic E-state index is 0.0606. The molecule has 0 aliphatic heterocycles. The van der Waals surface area contributed by atoms with Gasteiger partial charge >= 0.3 is 0 Å². The van der Waals surface area contributed by atoms with Gasteiger partial charge in [0.25, 0.3) is 0 Å². The first-order valence-corrected chi connectivity index (χ1v) is 7.06. The largest absolute Gasteiger partial charge is 0.354 e. The fourth-order valence-electron chi connectivity index (χ4n) is 1.88. The Kier molecular flexibility index (Phi) is 4.87. The number of aryl methyl sites for hydroxylation is 1. The SMILES string of the molecule is CCCNc1nc(C)cc(Nc2ccc(C(C)=O)cc2)n1. The van der Waals surface area contributed by atoms with Crippen LogP contribution >= 0.6 is 0 Å². The van der Waals surface area contributed by atoms with Crippen LogP contribution in [-0.2, 0) is 0 Å². The number of aromatic nitrogens is 2. The maximum atomic E-state index is 11.3. The second-order valence-corrected chi connectivity index (χ2v) is 4.90. The van der Waals surface area contributed by atoms with E-state index in [1.165, 1.54) is 0 Å². The molecule has 1 aromatic carbocycles. The molecule has 5 heteroatoms. The van der Waals surface area contributed by atoms with Crippen LogP contribution in [0.25, 0.3) is 0 Å². The monoisotopic (exact) mass is 284 g/mol. The summed E-state index contributed by atoms with van der Waals surface area (Å²) in [5.74, 6) is 1.42. The average Bonchev–Trinajstić information content (AvgIpc) is 2.45. The first kappa shape index (κ1) is 15.0. The van der Waals surface area contributed by atoms with Crippen molar-refractivity contribution in [2.24, 2.45) is 0 Å². The van der Waals surface area contributed by atoms with Gasteiger partial charge < -0.3 is 10.6 Å². The Morgan fingerprint density at radius 2 is 1.90 bits per heavy atom. The highest BCUT2D eigenvalue weighted by molar-refractivity contribution is 5.94. The van der Waals surface area contributed by atoms with Crippen molar-refractivity contribution in [1.29, 1.82) is 0 Å². The van der Waals surface area contributed by atoms with Gasteiger partial charge in [0.2, 0.25) is 5.95 Å². The quantitative estimate of drug-likeness (QED) is 0.794. The van der Waals surface area contributed by atoms with Crippen LogP contribution < -0.4 is 10.6 Å². The van der Waals surface area contributed by atoms with Crippen LogP contribution in [0.2, 0.25) is 0 Å². The normalized spacial score (nSPS) is 10.2. The van der Waals surface area contributed by atoms with Gasteiger partial charge in [0.15, 0.2) is 5.78 Å². The Balaban J connectivity index is 2.14. The molecule has 0 amide bonds. The lowest BCUT2D eigenvalue weighted by Gasteiger charge is -2.09. The predicted molar refractivity (Wildman–Crippen MR) is 85.3 cm³/mol. The zero-order valence-electron chi connectivity index (χ0n) is 12.6. The minimum atomic E-state index is 0.0606. The van der Waals surface area contributed by atoms with E-state index in [-0.39, 0.29) is 5.78 Å². The number of hydrogen-bond acceptors (Lipinski definition) is 5. The van der Waals surface area contributed by atoms with E-state index in [1.54, 1.807) is 19.1 Å². The number of benzene rings is 1. The van der Waals surface area contributed by atoms with Crippen LogP contribution in [0.5, 0.6) is 0 Å². The highest BCUT2D eigenvalue weighted by atomic mass is 16.1. The van der Waals surface area contributed by atoms with Gasteiger partial charge in [-0.3, -0.25) is 4.79 Å². The molecule has 5 nitrogen and oxygen atoms in total. The number of anilines is 3. The molecular formula is C16H20N4O. The summed E-state index contributed by atoms with van der Waals surface area (Å²) in [6.07, 6.45) is 1.02. The van der Waals surface area contributed by atoms with E-state index in [0.717, 1.165) is 30.2 Å². The molecule has 2 rings (SSSR count). The Labute approximate surface area is 124 Å². The lowest BCUT2D eigenvalue weighted by atomic mass is 10.1. The molecule has 0 atom stereocenters. The lowest BCUT2D eigenvalue weighted by Crippen LogP contribution is -2.06. The molecule has 1 aromatic heterocycles. The smallest absolute Gasteiger partial charge is 0.224 e. The summed E-state index contributed by atoms with van der Waals surface area (Å²) in [5.41, 5.74) is 2.48. The molecule has 0 aliphatic carbocycles. The molecule has 0 spiro atoms. The summed E-state index contributed by atoms with van der Waals surface area (Å²) in [6, 6.07) is 9.22. The molecule has 2 N–H and O–H groups in total. The molecule has 2 aromatic rings. The van der Waals surface area contributed by atoms with Crippen molar-refractivity contribution in [1.82, 2.24) is 9.97 Å². The van der Waals surface area contributed by atoms with E-state index in [9.17, 15) is 4.79 Å². The number of nitrogens with one attached hydrogen (secondary N) is 2. The van der Waals surface area contributed by atoms with E-state index in [1.807, 2.05) is 25.1 Å². The van der Waals surface area contributed by atoms with Crippen LogP contribution in [0, 0.1) is 6.92 Å². The van der Waals surface area contributed by atoms with E-state index >= 15 is 0 Å². The first-order valence-electron chi connectivity index (χ1n) is 7.06. The summed E-state index contributed by atoms with van der Waals surface area (Å²) < 4.78 is 0. The predicted octanol–water partition coefficient (Wildman–Crippen LogP) is 3.55. The van der Waals surface area contributed by atoms with Gasteiger partial charge in [-0.25, -0.2) is 4.98 Å². The zero-order chi connectivity index (χ0) is 15.2. The Bertz CT molecular complexity index is 623. The van der Waals surface area contributed by atoms with E-state index in [4.69, 9.17) is 0 Å². The van der Waals surface area contributed by atoms with Crippen LogP contribution in [-0.4, -0.2) is 22.3 Å². The number of Topliss-reactive ketones (excluding diaryl/α,β-unsaturated/α-hetero) is 1. The van der Waals surface area contributed by atoms with Crippen molar-refractivity contribution in [2.75, 3.05) is 17.2 Å². The summed E-state index contributed by atoms with van der Waals surface area (Å²) >= 11 is 0. The maximum Gasteiger partial charge on any atom is 0.224 e. The van der Waals surface area contributed by atoms with Gasteiger partial charge in [0.1, 0.15) is 5.82 Å². The second kappa shape index (κ2) is 6.83. The summed E-state index contributed by atoms with van der Waals surface area (Å²) in [7, 11) is 0. The fourth-order valence-corrected chi connectivity index (χ4v) is 1.88. The van der Waals surface area contributed by atoms with Crippen LogP contribution in [0.1, 0.15) is 36.3 Å². The van der Waals surface area contributed by atoms with Crippen molar-refractivity contribution >= 4 is 23.2 Å². The maximum absolute atomic E-state index is 11.3. The van der Waals surface area contributed by atoms with E-state index in [2.05, 4.69) is 27.5 Å². The van der Waals surface area contributed by atoms with E-state index in [0.29, 0.717) is 11.5 Å². The van der Waals surface area contributed by atoms with Crippen molar-refractivity contribution in [3.8, 4) is 0 Å². The molecule has 21 heavy (non-hydrogen) atoms. The van der Waals surface area contributed by atoms with Gasteiger partial charge in [-0.05, 0) is 44.5 Å². The van der Waals surface area contributed by atoms with Crippen molar-refractivity contribution < 1.29 is 4.79 Å². The van der Waals surface area contributed by atoms with Gasteiger partial charge in [-0.1, -0.05) is 6.92 Å². The fraction of sp³-hybridized carbons (Fsp3) is 0.312. The molecule has 0 bridgehead atoms. The van der Waals surface area contributed by atoms with E-state index < -0.39 is 0 Å². The van der Waals surface area contributed by atoms with Gasteiger partial charge in [-0.15, -0.1) is 0 Å². The summed E-state index contributed by atoms with van der Waals surface area (Å²) in [4.78, 5) is 20.0. The topological polar surface area (TPSA) is 66.9 Å². The molecule has 0 unspecified atom stereocenters. The standard InChI is InChI=1S/C16H20N4O/c1-4-9-17-16-18-11(2)10-15(20-16)19-14-7-5-13(6-8-14)12(3)21/h5-8,10H,4,9H2,1-3H3,(H2,17,18,19,20). The molecule has 110 valence electrons. The summed E-state index contributed by atoms with van der Waals surface area (Å²) in [5, 5.41) is 6.40. The van der Waals surface area contributed by atoms with Gasteiger partial charge in [0.05, 0.1) is 0 Å². The highest BCUT2D eigenvalue weighted by Gasteiger charge is 2.03. The minimum Gasteiger partial charge on any atom is -0.354 e. The third-order valence-corrected chi connectivity index (χ3v) is 2.95. The molecule has 1 heterocycles. The third-order valence-electron chi connectivity index (χ3n) is 2.95. The molecule has 0 aliphatic rings. The molecule has 0 saturated carbocycles. The zero-order valence-corrected chi connectivity index (χ0v) is 12.6. The molecule has 0 fully saturated rings. The number of carbonyl (C=O) groups is 1. The van der Waals surface area contributed by atoms with Crippen LogP contribution in [0.3, 0.4) is 0 Å². The molecular weight excluding hydrogens is 264 g/mol. The second-order valence-electron chi connectivity index (χ2n) is 4.90. The van der Waals surface area contributed by atoms with Gasteiger partial charge in [-0.2, -0.15) is 4.98 Å². The third kappa shape index (κ3) is 4.27. The van der Waals surface area contributed by atoms with Crippen molar-refractivity contribution in [2.45, 2.75) is 27.2 Å². The first-order chi connectivity index (χ1) is 10.1. The Hall–Kier alpha value is -2.43. The Morgan fingerprint density at radius 1 is 1.19 bits per heavy atom.